The molecule has 0 aliphatic rings. The Morgan fingerprint density at radius 1 is 0.429 bits per heavy atom. The lowest BCUT2D eigenvalue weighted by molar-refractivity contribution is 0.668. The molecule has 11 aromatic rings. The van der Waals surface area contributed by atoms with Crippen LogP contribution in [0.1, 0.15) is 0 Å². The standard InChI is InChI=1S/C43H24N2O2S2/c1-2-8-25(9-3-1)43-44-42-40(49-43)21-20-39-41(42)33-23-27(16-19-38(33)48-39)45(26-15-18-36-32(22-26)30-11-5-7-13-35(30)46-36)28-14-17-31-29-10-4-6-12-34(29)47-37(31)24-28/h1-24H. The SMILES string of the molecule is c1ccc(-c2nc3c(ccc4sc5ccc(N(c6ccc7c(c6)oc6ccccc67)c6ccc7oc8ccccc8c7c6)cc5c43)s2)cc1. The van der Waals surface area contributed by atoms with E-state index in [2.05, 4.69) is 120 Å². The van der Waals surface area contributed by atoms with Crippen molar-refractivity contribution in [1.82, 2.24) is 4.98 Å². The molecule has 0 aliphatic carbocycles. The second-order valence-electron chi connectivity index (χ2n) is 12.3. The molecule has 6 heteroatoms. The van der Waals surface area contributed by atoms with Gasteiger partial charge in [-0.2, -0.15) is 0 Å². The average molecular weight is 665 g/mol. The number of rotatable bonds is 4. The number of hydrogen-bond acceptors (Lipinski definition) is 6. The minimum absolute atomic E-state index is 0.859. The lowest BCUT2D eigenvalue weighted by atomic mass is 10.1. The monoisotopic (exact) mass is 664 g/mol. The normalized spacial score (nSPS) is 12.1. The number of benzene rings is 7. The smallest absolute Gasteiger partial charge is 0.137 e. The van der Waals surface area contributed by atoms with Crippen molar-refractivity contribution in [2.45, 2.75) is 0 Å². The number of fused-ring (bicyclic) bond motifs is 11. The molecular weight excluding hydrogens is 641 g/mol. The predicted octanol–water partition coefficient (Wildman–Crippen LogP) is 13.6. The number of thiophene rings is 1. The number of nitrogens with zero attached hydrogens (tertiary/aromatic N) is 2. The van der Waals surface area contributed by atoms with Crippen LogP contribution in [0.15, 0.2) is 154 Å². The molecule has 4 aromatic heterocycles. The Morgan fingerprint density at radius 3 is 1.86 bits per heavy atom. The van der Waals surface area contributed by atoms with Gasteiger partial charge in [-0.3, -0.25) is 0 Å². The van der Waals surface area contributed by atoms with Gasteiger partial charge in [0.25, 0.3) is 0 Å². The third kappa shape index (κ3) is 4.11. The van der Waals surface area contributed by atoms with E-state index in [1.165, 1.54) is 24.9 Å². The Morgan fingerprint density at radius 2 is 1.02 bits per heavy atom. The topological polar surface area (TPSA) is 42.4 Å². The highest BCUT2D eigenvalue weighted by Crippen LogP contribution is 2.46. The van der Waals surface area contributed by atoms with Crippen LogP contribution >= 0.6 is 22.7 Å². The average Bonchev–Trinajstić information content (AvgIpc) is 3.92. The minimum Gasteiger partial charge on any atom is -0.456 e. The molecule has 4 nitrogen and oxygen atoms in total. The first kappa shape index (κ1) is 27.0. The molecule has 49 heavy (non-hydrogen) atoms. The Kier molecular flexibility index (Phi) is 5.67. The summed E-state index contributed by atoms with van der Waals surface area (Å²) in [4.78, 5) is 7.55. The lowest BCUT2D eigenvalue weighted by Crippen LogP contribution is -2.09. The number of furan rings is 2. The van der Waals surface area contributed by atoms with Crippen LogP contribution in [0.3, 0.4) is 0 Å². The van der Waals surface area contributed by atoms with Crippen molar-refractivity contribution >= 4 is 114 Å². The van der Waals surface area contributed by atoms with Gasteiger partial charge in [0.1, 0.15) is 27.3 Å². The van der Waals surface area contributed by atoms with Crippen LogP contribution in [0.2, 0.25) is 0 Å². The van der Waals surface area contributed by atoms with Crippen molar-refractivity contribution in [3.63, 3.8) is 0 Å². The van der Waals surface area contributed by atoms with Gasteiger partial charge in [-0.15, -0.1) is 22.7 Å². The van der Waals surface area contributed by atoms with Crippen LogP contribution < -0.4 is 4.90 Å². The zero-order valence-electron chi connectivity index (χ0n) is 25.9. The highest BCUT2D eigenvalue weighted by Gasteiger charge is 2.20. The summed E-state index contributed by atoms with van der Waals surface area (Å²) in [5.74, 6) is 0. The van der Waals surface area contributed by atoms with E-state index in [9.17, 15) is 0 Å². The first-order valence-corrected chi connectivity index (χ1v) is 17.8. The van der Waals surface area contributed by atoms with Crippen LogP contribution in [0.5, 0.6) is 0 Å². The molecule has 0 fully saturated rings. The van der Waals surface area contributed by atoms with Gasteiger partial charge in [0.05, 0.1) is 10.2 Å². The largest absolute Gasteiger partial charge is 0.456 e. The number of hydrogen-bond donors (Lipinski definition) is 0. The molecule has 0 radical (unpaired) electrons. The molecule has 7 aromatic carbocycles. The van der Waals surface area contributed by atoms with Crippen molar-refractivity contribution in [2.75, 3.05) is 4.90 Å². The van der Waals surface area contributed by atoms with Gasteiger partial charge >= 0.3 is 0 Å². The molecule has 0 bridgehead atoms. The van der Waals surface area contributed by atoms with E-state index in [1.807, 2.05) is 41.7 Å². The molecule has 4 heterocycles. The van der Waals surface area contributed by atoms with E-state index < -0.39 is 0 Å². The van der Waals surface area contributed by atoms with E-state index in [0.29, 0.717) is 0 Å². The maximum absolute atomic E-state index is 6.39. The van der Waals surface area contributed by atoms with Crippen molar-refractivity contribution < 1.29 is 8.83 Å². The quantitative estimate of drug-likeness (QED) is 0.188. The Labute approximate surface area is 287 Å². The molecule has 230 valence electrons. The summed E-state index contributed by atoms with van der Waals surface area (Å²) in [6.45, 7) is 0. The molecule has 0 atom stereocenters. The zero-order chi connectivity index (χ0) is 32.1. The van der Waals surface area contributed by atoms with Gasteiger partial charge in [0.15, 0.2) is 0 Å². The highest BCUT2D eigenvalue weighted by atomic mass is 32.1. The van der Waals surface area contributed by atoms with E-state index in [4.69, 9.17) is 13.8 Å². The van der Waals surface area contributed by atoms with Crippen molar-refractivity contribution in [1.29, 1.82) is 0 Å². The van der Waals surface area contributed by atoms with Gasteiger partial charge in [0, 0.05) is 70.4 Å². The maximum atomic E-state index is 6.39. The summed E-state index contributed by atoms with van der Waals surface area (Å²) in [5, 5.41) is 7.87. The van der Waals surface area contributed by atoms with E-state index in [-0.39, 0.29) is 0 Å². The number of anilines is 3. The third-order valence-electron chi connectivity index (χ3n) is 9.49. The Bertz CT molecular complexity index is 3080. The summed E-state index contributed by atoms with van der Waals surface area (Å²) in [7, 11) is 0. The van der Waals surface area contributed by atoms with Gasteiger partial charge in [-0.25, -0.2) is 4.98 Å². The molecule has 0 amide bonds. The van der Waals surface area contributed by atoms with E-state index in [0.717, 1.165) is 77.0 Å². The third-order valence-corrected chi connectivity index (χ3v) is 11.7. The predicted molar refractivity (Wildman–Crippen MR) is 207 cm³/mol. The van der Waals surface area contributed by atoms with Crippen LogP contribution in [0.4, 0.5) is 17.1 Å². The fourth-order valence-electron chi connectivity index (χ4n) is 7.24. The number of thiazole rings is 1. The summed E-state index contributed by atoms with van der Waals surface area (Å²) in [6.07, 6.45) is 0. The first-order chi connectivity index (χ1) is 24.2. The molecular formula is C43H24N2O2S2. The molecule has 0 saturated carbocycles. The highest BCUT2D eigenvalue weighted by molar-refractivity contribution is 7.26. The summed E-state index contributed by atoms with van der Waals surface area (Å²) >= 11 is 3.57. The lowest BCUT2D eigenvalue weighted by Gasteiger charge is -2.25. The van der Waals surface area contributed by atoms with Crippen molar-refractivity contribution in [3.8, 4) is 10.6 Å². The van der Waals surface area contributed by atoms with E-state index in [1.54, 1.807) is 11.3 Å². The van der Waals surface area contributed by atoms with Crippen LogP contribution in [0.25, 0.3) is 84.8 Å². The van der Waals surface area contributed by atoms with Crippen molar-refractivity contribution in [3.05, 3.63) is 146 Å². The number of aromatic nitrogens is 1. The fourth-order valence-corrected chi connectivity index (χ4v) is 9.31. The van der Waals surface area contributed by atoms with Gasteiger partial charge in [-0.05, 0) is 72.8 Å². The molecule has 11 rings (SSSR count). The van der Waals surface area contributed by atoms with Crippen LogP contribution in [0, 0.1) is 0 Å². The number of para-hydroxylation sites is 2. The molecule has 0 saturated heterocycles. The minimum atomic E-state index is 0.859. The van der Waals surface area contributed by atoms with E-state index >= 15 is 0 Å². The molecule has 0 N–H and O–H groups in total. The van der Waals surface area contributed by atoms with Gasteiger partial charge < -0.3 is 13.7 Å². The Balaban J connectivity index is 1.16. The van der Waals surface area contributed by atoms with Crippen LogP contribution in [-0.4, -0.2) is 4.98 Å². The second-order valence-corrected chi connectivity index (χ2v) is 14.5. The summed E-state index contributed by atoms with van der Waals surface area (Å²) in [5.41, 5.74) is 8.83. The molecule has 0 aliphatic heterocycles. The first-order valence-electron chi connectivity index (χ1n) is 16.2. The maximum Gasteiger partial charge on any atom is 0.137 e. The molecule has 0 spiro atoms. The summed E-state index contributed by atoms with van der Waals surface area (Å²) in [6, 6.07) is 51.2. The zero-order valence-corrected chi connectivity index (χ0v) is 27.5. The van der Waals surface area contributed by atoms with Gasteiger partial charge in [-0.1, -0.05) is 66.7 Å². The van der Waals surface area contributed by atoms with Crippen molar-refractivity contribution in [2.24, 2.45) is 0 Å². The molecule has 0 unspecified atom stereocenters. The van der Waals surface area contributed by atoms with Crippen LogP contribution in [-0.2, 0) is 0 Å². The fraction of sp³-hybridized carbons (Fsp3) is 0. The second kappa shape index (κ2) is 10.3. The summed E-state index contributed by atoms with van der Waals surface area (Å²) < 4.78 is 16.3. The Hall–Kier alpha value is -5.95. The van der Waals surface area contributed by atoms with Gasteiger partial charge in [0.2, 0.25) is 0 Å².